The largest absolute Gasteiger partial charge is 0.283 e. The minimum absolute atomic E-state index is 0.220. The van der Waals surface area contributed by atoms with Crippen molar-refractivity contribution in [3.05, 3.63) is 44.1 Å². The number of aromatic nitrogens is 2. The monoisotopic (exact) mass is 376 g/mol. The van der Waals surface area contributed by atoms with Crippen LogP contribution in [0.4, 0.5) is 0 Å². The van der Waals surface area contributed by atoms with Gasteiger partial charge < -0.3 is 0 Å². The third-order valence-electron chi connectivity index (χ3n) is 3.12. The van der Waals surface area contributed by atoms with E-state index in [4.69, 9.17) is 11.6 Å². The average molecular weight is 378 g/mol. The average Bonchev–Trinajstić information content (AvgIpc) is 2.62. The minimum atomic E-state index is -3.72. The molecule has 0 bridgehead atoms. The van der Waals surface area contributed by atoms with E-state index in [1.165, 1.54) is 0 Å². The molecule has 0 N–H and O–H groups in total. The summed E-state index contributed by atoms with van der Waals surface area (Å²) in [6.07, 6.45) is 0. The molecule has 0 spiro atoms. The van der Waals surface area contributed by atoms with Gasteiger partial charge in [0, 0.05) is 5.02 Å². The Hall–Kier alpha value is -0.850. The van der Waals surface area contributed by atoms with Crippen LogP contribution in [0, 0.1) is 27.7 Å². The SMILES string of the molecule is Cc1cc(S(=O)(=O)n2nc(C)c(Br)c2C)c(C)cc1Cl. The number of aryl methyl sites for hydroxylation is 3. The van der Waals surface area contributed by atoms with Crippen molar-refractivity contribution >= 4 is 37.6 Å². The Labute approximate surface area is 131 Å². The summed E-state index contributed by atoms with van der Waals surface area (Å²) in [5.41, 5.74) is 2.50. The molecule has 0 atom stereocenters. The first-order chi connectivity index (χ1) is 9.16. The molecule has 1 aromatic heterocycles. The molecule has 4 nitrogen and oxygen atoms in total. The van der Waals surface area contributed by atoms with Gasteiger partial charge in [-0.1, -0.05) is 11.6 Å². The fourth-order valence-electron chi connectivity index (χ4n) is 1.96. The second-order valence-electron chi connectivity index (χ2n) is 4.70. The lowest BCUT2D eigenvalue weighted by atomic mass is 10.2. The summed E-state index contributed by atoms with van der Waals surface area (Å²) >= 11 is 9.36. The number of rotatable bonds is 2. The molecule has 0 fully saturated rings. The standard InChI is InChI=1S/C13H14BrClN2O2S/c1-7-6-12(8(2)5-11(7)15)20(18,19)17-10(4)13(14)9(3)16-17/h5-6H,1-4H3. The molecular formula is C13H14BrClN2O2S. The van der Waals surface area contributed by atoms with Crippen molar-refractivity contribution < 1.29 is 8.42 Å². The Morgan fingerprint density at radius 3 is 2.25 bits per heavy atom. The van der Waals surface area contributed by atoms with Crippen molar-refractivity contribution in [2.24, 2.45) is 0 Å². The highest BCUT2D eigenvalue weighted by atomic mass is 79.9. The first kappa shape index (κ1) is 15.5. The number of benzene rings is 1. The topological polar surface area (TPSA) is 52.0 Å². The molecule has 0 saturated heterocycles. The van der Waals surface area contributed by atoms with E-state index in [0.717, 1.165) is 9.65 Å². The van der Waals surface area contributed by atoms with Crippen LogP contribution in [-0.2, 0) is 10.0 Å². The second kappa shape index (κ2) is 5.16. The van der Waals surface area contributed by atoms with Crippen molar-refractivity contribution in [3.8, 4) is 0 Å². The summed E-state index contributed by atoms with van der Waals surface area (Å²) in [7, 11) is -3.72. The summed E-state index contributed by atoms with van der Waals surface area (Å²) < 4.78 is 27.2. The molecule has 0 saturated carbocycles. The zero-order chi connectivity index (χ0) is 15.2. The minimum Gasteiger partial charge on any atom is -0.199 e. The van der Waals surface area contributed by atoms with E-state index in [0.29, 0.717) is 26.4 Å². The van der Waals surface area contributed by atoms with E-state index in [1.807, 2.05) is 0 Å². The van der Waals surface area contributed by atoms with Crippen LogP contribution in [0.5, 0.6) is 0 Å². The Morgan fingerprint density at radius 1 is 1.15 bits per heavy atom. The van der Waals surface area contributed by atoms with Crippen LogP contribution in [0.2, 0.25) is 5.02 Å². The smallest absolute Gasteiger partial charge is 0.199 e. The lowest BCUT2D eigenvalue weighted by Crippen LogP contribution is -2.17. The molecule has 0 aliphatic carbocycles. The van der Waals surface area contributed by atoms with Gasteiger partial charge in [0.05, 0.1) is 20.8 Å². The van der Waals surface area contributed by atoms with E-state index < -0.39 is 10.0 Å². The molecule has 1 heterocycles. The summed E-state index contributed by atoms with van der Waals surface area (Å²) in [5.74, 6) is 0. The first-order valence-electron chi connectivity index (χ1n) is 5.90. The van der Waals surface area contributed by atoms with Gasteiger partial charge in [0.2, 0.25) is 0 Å². The van der Waals surface area contributed by atoms with Gasteiger partial charge in [-0.25, -0.2) is 0 Å². The van der Waals surface area contributed by atoms with Crippen molar-refractivity contribution in [1.29, 1.82) is 0 Å². The zero-order valence-electron chi connectivity index (χ0n) is 11.5. The van der Waals surface area contributed by atoms with Crippen molar-refractivity contribution in [3.63, 3.8) is 0 Å². The summed E-state index contributed by atoms with van der Waals surface area (Å²) in [4.78, 5) is 0.220. The summed E-state index contributed by atoms with van der Waals surface area (Å²) in [5, 5.41) is 4.65. The molecule has 2 rings (SSSR count). The van der Waals surface area contributed by atoms with Gasteiger partial charge in [-0.3, -0.25) is 0 Å². The van der Waals surface area contributed by atoms with Gasteiger partial charge in [-0.15, -0.1) is 0 Å². The van der Waals surface area contributed by atoms with Crippen LogP contribution in [0.15, 0.2) is 21.5 Å². The predicted octanol–water partition coefficient (Wildman–Crippen LogP) is 3.77. The van der Waals surface area contributed by atoms with Crippen LogP contribution in [0.1, 0.15) is 22.5 Å². The molecule has 7 heteroatoms. The Bertz CT molecular complexity index is 797. The molecule has 0 unspecified atom stereocenters. The van der Waals surface area contributed by atoms with Gasteiger partial charge in [0.25, 0.3) is 10.0 Å². The van der Waals surface area contributed by atoms with Gasteiger partial charge >= 0.3 is 0 Å². The van der Waals surface area contributed by atoms with E-state index in [2.05, 4.69) is 21.0 Å². The van der Waals surface area contributed by atoms with Crippen LogP contribution >= 0.6 is 27.5 Å². The van der Waals surface area contributed by atoms with Crippen molar-refractivity contribution in [2.45, 2.75) is 32.6 Å². The van der Waals surface area contributed by atoms with Crippen molar-refractivity contribution in [2.75, 3.05) is 0 Å². The highest BCUT2D eigenvalue weighted by molar-refractivity contribution is 9.10. The van der Waals surface area contributed by atoms with Crippen LogP contribution in [0.25, 0.3) is 0 Å². The lowest BCUT2D eigenvalue weighted by molar-refractivity contribution is 0.577. The van der Waals surface area contributed by atoms with Gasteiger partial charge in [0.1, 0.15) is 0 Å². The normalized spacial score (nSPS) is 11.9. The van der Waals surface area contributed by atoms with Crippen molar-refractivity contribution in [1.82, 2.24) is 9.19 Å². The summed E-state index contributed by atoms with van der Waals surface area (Å²) in [6.45, 7) is 6.96. The Morgan fingerprint density at radius 2 is 1.75 bits per heavy atom. The van der Waals surface area contributed by atoms with Gasteiger partial charge in [0.15, 0.2) is 0 Å². The first-order valence-corrected chi connectivity index (χ1v) is 8.51. The Kier molecular flexibility index (Phi) is 4.01. The highest BCUT2D eigenvalue weighted by Crippen LogP contribution is 2.28. The number of hydrogen-bond donors (Lipinski definition) is 0. The summed E-state index contributed by atoms with van der Waals surface area (Å²) in [6, 6.07) is 3.24. The fraction of sp³-hybridized carbons (Fsp3) is 0.308. The van der Waals surface area contributed by atoms with Gasteiger partial charge in [-0.05, 0) is 66.9 Å². The molecule has 20 heavy (non-hydrogen) atoms. The molecule has 0 amide bonds. The van der Waals surface area contributed by atoms with E-state index in [1.54, 1.807) is 39.8 Å². The van der Waals surface area contributed by atoms with Crippen LogP contribution in [-0.4, -0.2) is 17.6 Å². The maximum atomic E-state index is 12.7. The molecule has 2 aromatic rings. The fourth-order valence-corrected chi connectivity index (χ4v) is 4.20. The quantitative estimate of drug-likeness (QED) is 0.800. The molecule has 0 aliphatic heterocycles. The number of nitrogens with zero attached hydrogens (tertiary/aromatic N) is 2. The van der Waals surface area contributed by atoms with Crippen LogP contribution < -0.4 is 0 Å². The van der Waals surface area contributed by atoms with Crippen LogP contribution in [0.3, 0.4) is 0 Å². The molecule has 0 aliphatic rings. The second-order valence-corrected chi connectivity index (χ2v) is 7.64. The molecular weight excluding hydrogens is 364 g/mol. The maximum absolute atomic E-state index is 12.7. The third kappa shape index (κ3) is 2.40. The third-order valence-corrected chi connectivity index (χ3v) is 6.49. The number of halogens is 2. The van der Waals surface area contributed by atoms with Gasteiger partial charge in [-0.2, -0.15) is 17.6 Å². The molecule has 0 radical (unpaired) electrons. The van der Waals surface area contributed by atoms with E-state index >= 15 is 0 Å². The lowest BCUT2D eigenvalue weighted by Gasteiger charge is -2.11. The maximum Gasteiger partial charge on any atom is 0.283 e. The number of hydrogen-bond acceptors (Lipinski definition) is 3. The van der Waals surface area contributed by atoms with E-state index in [9.17, 15) is 8.42 Å². The predicted molar refractivity (Wildman–Crippen MR) is 82.9 cm³/mol. The Balaban J connectivity index is 2.73. The zero-order valence-corrected chi connectivity index (χ0v) is 14.7. The molecule has 108 valence electrons. The van der Waals surface area contributed by atoms with E-state index in [-0.39, 0.29) is 4.90 Å². The highest BCUT2D eigenvalue weighted by Gasteiger charge is 2.25. The molecule has 1 aromatic carbocycles.